The van der Waals surface area contributed by atoms with Gasteiger partial charge in [0.15, 0.2) is 0 Å². The summed E-state index contributed by atoms with van der Waals surface area (Å²) in [4.78, 5) is 16.6. The molecule has 1 amide bonds. The minimum Gasteiger partial charge on any atom is -0.346 e. The molecule has 3 aromatic rings. The van der Waals surface area contributed by atoms with Gasteiger partial charge in [-0.3, -0.25) is 4.79 Å². The summed E-state index contributed by atoms with van der Waals surface area (Å²) in [6.45, 7) is 2.30. The molecular weight excluding hydrogens is 286 g/mol. The molecule has 0 unspecified atom stereocenters. The third-order valence-corrected chi connectivity index (χ3v) is 3.51. The number of aromatic nitrogens is 2. The van der Waals surface area contributed by atoms with Gasteiger partial charge in [-0.15, -0.1) is 0 Å². The third-order valence-electron chi connectivity index (χ3n) is 3.28. The Morgan fingerprint density at radius 2 is 2.05 bits per heavy atom. The Morgan fingerprint density at radius 1 is 1.24 bits per heavy atom. The van der Waals surface area contributed by atoms with Crippen molar-refractivity contribution in [1.29, 1.82) is 0 Å². The quantitative estimate of drug-likeness (QED) is 0.807. The van der Waals surface area contributed by atoms with E-state index in [9.17, 15) is 4.79 Å². The van der Waals surface area contributed by atoms with E-state index >= 15 is 0 Å². The van der Waals surface area contributed by atoms with Crippen molar-refractivity contribution < 1.29 is 4.79 Å². The third kappa shape index (κ3) is 2.90. The van der Waals surface area contributed by atoms with Crippen molar-refractivity contribution in [3.05, 3.63) is 70.6 Å². The minimum absolute atomic E-state index is 0.0943. The normalized spacial score (nSPS) is 10.8. The van der Waals surface area contributed by atoms with E-state index in [2.05, 4.69) is 10.3 Å². The summed E-state index contributed by atoms with van der Waals surface area (Å²) in [6.07, 6.45) is 3.65. The fraction of sp³-hybridized carbons (Fsp3) is 0.125. The average molecular weight is 300 g/mol. The van der Waals surface area contributed by atoms with E-state index in [1.54, 1.807) is 12.3 Å². The predicted octanol–water partition coefficient (Wildman–Crippen LogP) is 3.23. The summed E-state index contributed by atoms with van der Waals surface area (Å²) >= 11 is 5.93. The number of rotatable bonds is 3. The number of pyridine rings is 1. The van der Waals surface area contributed by atoms with Crippen LogP contribution in [0.4, 0.5) is 0 Å². The van der Waals surface area contributed by atoms with Crippen molar-refractivity contribution in [2.75, 3.05) is 0 Å². The number of halogens is 1. The van der Waals surface area contributed by atoms with Crippen LogP contribution >= 0.6 is 11.6 Å². The maximum absolute atomic E-state index is 12.1. The Kier molecular flexibility index (Phi) is 3.62. The second kappa shape index (κ2) is 5.58. The molecule has 5 heteroatoms. The number of benzene rings is 1. The summed E-state index contributed by atoms with van der Waals surface area (Å²) in [5.41, 5.74) is 3.24. The standard InChI is InChI=1S/C16H14ClN3O/c1-11-4-2-3-5-14(11)16(21)18-8-13-10-20-9-12(17)6-7-15(20)19-13/h2-7,9-10H,8H2,1H3,(H,18,21). The zero-order valence-electron chi connectivity index (χ0n) is 11.5. The van der Waals surface area contributed by atoms with Crippen LogP contribution < -0.4 is 5.32 Å². The first-order chi connectivity index (χ1) is 10.1. The molecule has 0 aliphatic carbocycles. The van der Waals surface area contributed by atoms with Crippen LogP contribution in [0.15, 0.2) is 48.8 Å². The molecule has 0 saturated carbocycles. The van der Waals surface area contributed by atoms with E-state index in [0.29, 0.717) is 17.1 Å². The summed E-state index contributed by atoms with van der Waals surface area (Å²) < 4.78 is 1.84. The number of amides is 1. The number of imidazole rings is 1. The summed E-state index contributed by atoms with van der Waals surface area (Å²) in [6, 6.07) is 11.1. The number of carbonyl (C=O) groups excluding carboxylic acids is 1. The number of hydrogen-bond acceptors (Lipinski definition) is 2. The van der Waals surface area contributed by atoms with Gasteiger partial charge in [0.1, 0.15) is 5.65 Å². The zero-order valence-corrected chi connectivity index (χ0v) is 12.3. The van der Waals surface area contributed by atoms with Gasteiger partial charge < -0.3 is 9.72 Å². The molecule has 1 N–H and O–H groups in total. The number of fused-ring (bicyclic) bond motifs is 1. The average Bonchev–Trinajstić information content (AvgIpc) is 2.87. The summed E-state index contributed by atoms with van der Waals surface area (Å²) in [5.74, 6) is -0.0943. The molecule has 4 nitrogen and oxygen atoms in total. The highest BCUT2D eigenvalue weighted by Gasteiger charge is 2.09. The van der Waals surface area contributed by atoms with Gasteiger partial charge in [0.05, 0.1) is 17.3 Å². The van der Waals surface area contributed by atoms with Crippen molar-refractivity contribution >= 4 is 23.2 Å². The lowest BCUT2D eigenvalue weighted by Gasteiger charge is -2.05. The molecule has 0 spiro atoms. The van der Waals surface area contributed by atoms with Gasteiger partial charge in [-0.1, -0.05) is 29.8 Å². The van der Waals surface area contributed by atoms with E-state index in [0.717, 1.165) is 16.9 Å². The minimum atomic E-state index is -0.0943. The van der Waals surface area contributed by atoms with Crippen LogP contribution in [-0.2, 0) is 6.54 Å². The Labute approximate surface area is 127 Å². The van der Waals surface area contributed by atoms with Crippen LogP contribution in [0.2, 0.25) is 5.02 Å². The molecule has 0 bridgehead atoms. The van der Waals surface area contributed by atoms with Crippen LogP contribution in [0.25, 0.3) is 5.65 Å². The lowest BCUT2D eigenvalue weighted by atomic mass is 10.1. The first kappa shape index (κ1) is 13.6. The molecule has 0 atom stereocenters. The number of hydrogen-bond donors (Lipinski definition) is 1. The zero-order chi connectivity index (χ0) is 14.8. The highest BCUT2D eigenvalue weighted by atomic mass is 35.5. The molecular formula is C16H14ClN3O. The number of carbonyl (C=O) groups is 1. The Balaban J connectivity index is 1.74. The van der Waals surface area contributed by atoms with Gasteiger partial charge in [0.25, 0.3) is 5.91 Å². The molecule has 3 rings (SSSR count). The van der Waals surface area contributed by atoms with Gasteiger partial charge in [0.2, 0.25) is 0 Å². The molecule has 0 fully saturated rings. The van der Waals surface area contributed by atoms with Crippen LogP contribution in [-0.4, -0.2) is 15.3 Å². The van der Waals surface area contributed by atoms with Crippen LogP contribution in [0.5, 0.6) is 0 Å². The fourth-order valence-electron chi connectivity index (χ4n) is 2.20. The van der Waals surface area contributed by atoms with E-state index < -0.39 is 0 Å². The molecule has 0 aliphatic heterocycles. The summed E-state index contributed by atoms with van der Waals surface area (Å²) in [5, 5.41) is 3.53. The van der Waals surface area contributed by atoms with E-state index in [4.69, 9.17) is 11.6 Å². The number of nitrogens with one attached hydrogen (secondary N) is 1. The maximum Gasteiger partial charge on any atom is 0.251 e. The highest BCUT2D eigenvalue weighted by molar-refractivity contribution is 6.30. The Bertz CT molecular complexity index is 810. The largest absolute Gasteiger partial charge is 0.346 e. The lowest BCUT2D eigenvalue weighted by molar-refractivity contribution is 0.0950. The highest BCUT2D eigenvalue weighted by Crippen LogP contribution is 2.12. The van der Waals surface area contributed by atoms with Crippen LogP contribution in [0.3, 0.4) is 0 Å². The molecule has 106 valence electrons. The van der Waals surface area contributed by atoms with Gasteiger partial charge in [-0.25, -0.2) is 4.98 Å². The first-order valence-electron chi connectivity index (χ1n) is 6.60. The van der Waals surface area contributed by atoms with Crippen molar-refractivity contribution in [1.82, 2.24) is 14.7 Å². The van der Waals surface area contributed by atoms with E-state index in [1.165, 1.54) is 0 Å². The second-order valence-corrected chi connectivity index (χ2v) is 5.28. The van der Waals surface area contributed by atoms with Gasteiger partial charge in [-0.2, -0.15) is 0 Å². The van der Waals surface area contributed by atoms with Gasteiger partial charge >= 0.3 is 0 Å². The van der Waals surface area contributed by atoms with Crippen molar-refractivity contribution in [3.63, 3.8) is 0 Å². The molecule has 0 aliphatic rings. The molecule has 0 radical (unpaired) electrons. The smallest absolute Gasteiger partial charge is 0.251 e. The maximum atomic E-state index is 12.1. The number of aryl methyl sites for hydroxylation is 1. The van der Waals surface area contributed by atoms with Crippen molar-refractivity contribution in [3.8, 4) is 0 Å². The van der Waals surface area contributed by atoms with E-state index in [-0.39, 0.29) is 5.91 Å². The van der Waals surface area contributed by atoms with Crippen LogP contribution in [0, 0.1) is 6.92 Å². The lowest BCUT2D eigenvalue weighted by Crippen LogP contribution is -2.23. The Morgan fingerprint density at radius 3 is 2.86 bits per heavy atom. The van der Waals surface area contributed by atoms with Crippen molar-refractivity contribution in [2.24, 2.45) is 0 Å². The second-order valence-electron chi connectivity index (χ2n) is 4.84. The van der Waals surface area contributed by atoms with Gasteiger partial charge in [0, 0.05) is 18.0 Å². The SMILES string of the molecule is Cc1ccccc1C(=O)NCc1cn2cc(Cl)ccc2n1. The molecule has 21 heavy (non-hydrogen) atoms. The Hall–Kier alpha value is -2.33. The number of nitrogens with zero attached hydrogens (tertiary/aromatic N) is 2. The first-order valence-corrected chi connectivity index (χ1v) is 6.98. The molecule has 1 aromatic carbocycles. The monoisotopic (exact) mass is 299 g/mol. The molecule has 2 heterocycles. The van der Waals surface area contributed by atoms with Gasteiger partial charge in [-0.05, 0) is 30.7 Å². The molecule has 0 saturated heterocycles. The van der Waals surface area contributed by atoms with Crippen molar-refractivity contribution in [2.45, 2.75) is 13.5 Å². The topological polar surface area (TPSA) is 46.4 Å². The molecule has 2 aromatic heterocycles. The predicted molar refractivity (Wildman–Crippen MR) is 82.6 cm³/mol. The fourth-order valence-corrected chi connectivity index (χ4v) is 2.36. The summed E-state index contributed by atoms with van der Waals surface area (Å²) in [7, 11) is 0. The van der Waals surface area contributed by atoms with E-state index in [1.807, 2.05) is 47.9 Å². The van der Waals surface area contributed by atoms with Crippen LogP contribution in [0.1, 0.15) is 21.6 Å².